The van der Waals surface area contributed by atoms with Crippen LogP contribution in [0.5, 0.6) is 0 Å². The van der Waals surface area contributed by atoms with Crippen molar-refractivity contribution < 1.29 is 40.4 Å². The minimum atomic E-state index is 0. The van der Waals surface area contributed by atoms with Crippen molar-refractivity contribution in [2.24, 2.45) is 0 Å². The third-order valence-corrected chi connectivity index (χ3v) is 3.11. The maximum absolute atomic E-state index is 10.4. The number of hydrogen-bond acceptors (Lipinski definition) is 4. The van der Waals surface area contributed by atoms with E-state index in [9.17, 15) is 4.79 Å². The normalized spacial score (nSPS) is 12.8. The second-order valence-electron chi connectivity index (χ2n) is 6.02. The average molecular weight is 567 g/mol. The van der Waals surface area contributed by atoms with Crippen LogP contribution in [0.15, 0.2) is 28.8 Å². The van der Waals surface area contributed by atoms with Crippen molar-refractivity contribution in [2.75, 3.05) is 13.1 Å². The van der Waals surface area contributed by atoms with E-state index in [2.05, 4.69) is 30.9 Å². The van der Waals surface area contributed by atoms with Crippen molar-refractivity contribution >= 4 is 6.41 Å². The summed E-state index contributed by atoms with van der Waals surface area (Å²) >= 11 is 0. The Morgan fingerprint density at radius 2 is 1.68 bits per heavy atom. The molecule has 0 radical (unpaired) electrons. The summed E-state index contributed by atoms with van der Waals surface area (Å²) in [6.07, 6.45) is 1.84. The summed E-state index contributed by atoms with van der Waals surface area (Å²) in [6.45, 7) is 13.5. The molecule has 1 aromatic carbocycles. The Morgan fingerprint density at radius 3 is 2.16 bits per heavy atom. The smallest absolute Gasteiger partial charge is 0.520 e. The summed E-state index contributed by atoms with van der Waals surface area (Å²) < 4.78 is 5.23. The second-order valence-corrected chi connectivity index (χ2v) is 6.02. The summed E-state index contributed by atoms with van der Waals surface area (Å²) in [5.74, 6) is 2.76. The van der Waals surface area contributed by atoms with Crippen LogP contribution in [0.1, 0.15) is 52.0 Å². The maximum atomic E-state index is 10.4. The molecule has 0 N–H and O–H groups in total. The van der Waals surface area contributed by atoms with Crippen molar-refractivity contribution in [1.82, 2.24) is 15.0 Å². The van der Waals surface area contributed by atoms with Crippen LogP contribution in [0.3, 0.4) is 0 Å². The fraction of sp³-hybridized carbons (Fsp3) is 0.474. The number of hydrogen-bond donors (Lipinski definition) is 0. The maximum Gasteiger partial charge on any atom is 2.00 e. The van der Waals surface area contributed by atoms with Gasteiger partial charge in [0.1, 0.15) is 0 Å². The van der Waals surface area contributed by atoms with E-state index in [0.717, 1.165) is 5.56 Å². The van der Waals surface area contributed by atoms with Crippen LogP contribution >= 0.6 is 0 Å². The number of aromatic nitrogens is 2. The molecule has 3 rings (SSSR count). The van der Waals surface area contributed by atoms with Crippen LogP contribution < -0.4 is 0 Å². The van der Waals surface area contributed by atoms with E-state index in [1.165, 1.54) is 11.5 Å². The monoisotopic (exact) mass is 567 g/mol. The largest absolute Gasteiger partial charge is 2.00 e. The number of carbonyl (C=O) groups excluding carboxylic acids is 1. The van der Waals surface area contributed by atoms with Gasteiger partial charge in [0.05, 0.1) is 5.92 Å². The number of likely N-dealkylation sites (tertiary alicyclic amines) is 1. The van der Waals surface area contributed by atoms with Crippen LogP contribution in [-0.4, -0.2) is 34.5 Å². The molecule has 0 aliphatic carbocycles. The molecule has 25 heavy (non-hydrogen) atoms. The number of benzene rings is 1. The first-order valence-electron chi connectivity index (χ1n) is 8.29. The molecule has 0 spiro atoms. The van der Waals surface area contributed by atoms with Gasteiger partial charge in [-0.2, -0.15) is 32.2 Å². The predicted molar refractivity (Wildman–Crippen MR) is 96.1 cm³/mol. The van der Waals surface area contributed by atoms with Crippen LogP contribution in [0, 0.1) is 44.0 Å². The predicted octanol–water partition coefficient (Wildman–Crippen LogP) is 4.16. The van der Waals surface area contributed by atoms with E-state index in [0.29, 0.717) is 24.8 Å². The Kier molecular flexibility index (Phi) is 11.7. The van der Waals surface area contributed by atoms with Gasteiger partial charge >= 0.3 is 31.1 Å². The Hall–Kier alpha value is -1.12. The first kappa shape index (κ1) is 23.9. The van der Waals surface area contributed by atoms with Gasteiger partial charge in [-0.15, -0.1) is 0 Å². The van der Waals surface area contributed by atoms with Crippen molar-refractivity contribution in [3.8, 4) is 11.4 Å². The van der Waals surface area contributed by atoms with Gasteiger partial charge in [-0.05, 0) is 6.92 Å². The van der Waals surface area contributed by atoms with E-state index >= 15 is 0 Å². The molecule has 6 heteroatoms. The van der Waals surface area contributed by atoms with Gasteiger partial charge in [-0.1, -0.05) is 48.8 Å². The Balaban J connectivity index is 0.000000730. The summed E-state index contributed by atoms with van der Waals surface area (Å²) in [5.41, 5.74) is 2.13. The number of nitrogens with zero attached hydrogens (tertiary/aromatic N) is 3. The molecule has 0 saturated carbocycles. The van der Waals surface area contributed by atoms with Crippen LogP contribution in [0.25, 0.3) is 11.4 Å². The first-order valence-corrected chi connectivity index (χ1v) is 8.29. The fourth-order valence-corrected chi connectivity index (χ4v) is 1.93. The zero-order valence-corrected chi connectivity index (χ0v) is 20.1. The topological polar surface area (TPSA) is 59.2 Å². The van der Waals surface area contributed by atoms with Gasteiger partial charge < -0.3 is 20.1 Å². The van der Waals surface area contributed by atoms with E-state index in [4.69, 9.17) is 4.52 Å². The molecular weight excluding hydrogens is 540 g/mol. The molecular formula is C19H27N3O2U. The third kappa shape index (κ3) is 7.75. The first-order chi connectivity index (χ1) is 11.5. The molecule has 1 aromatic heterocycles. The summed E-state index contributed by atoms with van der Waals surface area (Å²) in [5, 5.41) is 3.97. The van der Waals surface area contributed by atoms with Gasteiger partial charge in [0.15, 0.2) is 0 Å². The molecule has 0 unspecified atom stereocenters. The third-order valence-electron chi connectivity index (χ3n) is 3.11. The summed E-state index contributed by atoms with van der Waals surface area (Å²) in [4.78, 5) is 16.3. The van der Waals surface area contributed by atoms with Gasteiger partial charge in [0.25, 0.3) is 0 Å². The Morgan fingerprint density at radius 1 is 1.16 bits per heavy atom. The molecule has 1 aliphatic rings. The molecule has 5 nitrogen and oxygen atoms in total. The fourth-order valence-electron chi connectivity index (χ4n) is 1.93. The molecule has 2 aromatic rings. The number of rotatable bonds is 3. The number of amides is 1. The Bertz CT molecular complexity index is 603. The Labute approximate surface area is 174 Å². The molecule has 134 valence electrons. The molecule has 1 fully saturated rings. The quantitative estimate of drug-likeness (QED) is 0.523. The summed E-state index contributed by atoms with van der Waals surface area (Å²) in [6, 6.07) is 7.96. The number of aryl methyl sites for hydroxylation is 1. The van der Waals surface area contributed by atoms with Gasteiger partial charge in [0.2, 0.25) is 11.7 Å². The molecule has 0 bridgehead atoms. The van der Waals surface area contributed by atoms with Crippen molar-refractivity contribution in [2.45, 2.75) is 47.5 Å². The van der Waals surface area contributed by atoms with Crippen molar-refractivity contribution in [3.05, 3.63) is 41.6 Å². The molecule has 1 saturated heterocycles. The minimum absolute atomic E-state index is 0. The molecule has 0 atom stereocenters. The minimum Gasteiger partial charge on any atom is -0.520 e. The van der Waals surface area contributed by atoms with Crippen molar-refractivity contribution in [1.29, 1.82) is 0 Å². The van der Waals surface area contributed by atoms with Crippen LogP contribution in [0.4, 0.5) is 0 Å². The van der Waals surface area contributed by atoms with Crippen molar-refractivity contribution in [3.63, 3.8) is 0 Å². The van der Waals surface area contributed by atoms with Gasteiger partial charge in [0, 0.05) is 18.7 Å². The van der Waals surface area contributed by atoms with Gasteiger partial charge in [-0.25, -0.2) is 0 Å². The van der Waals surface area contributed by atoms with E-state index in [-0.39, 0.29) is 37.0 Å². The molecule has 2 heterocycles. The molecule has 1 amide bonds. The molecule has 1 aliphatic heterocycles. The van der Waals surface area contributed by atoms with E-state index in [1.54, 1.807) is 4.90 Å². The zero-order valence-electron chi connectivity index (χ0n) is 16.0. The van der Waals surface area contributed by atoms with E-state index in [1.807, 2.05) is 51.4 Å². The second kappa shape index (κ2) is 12.3. The average Bonchev–Trinajstić information content (AvgIpc) is 2.98. The zero-order chi connectivity index (χ0) is 18.1. The van der Waals surface area contributed by atoms with Gasteiger partial charge in [-0.3, -0.25) is 0 Å². The SMILES string of the molecule is CC.C[C-](C)C.Cc1ccc(-c2noc(C3CN([C-]=O)C3)n2)cc1.[U+2]. The van der Waals surface area contributed by atoms with E-state index < -0.39 is 0 Å². The van der Waals surface area contributed by atoms with Crippen LogP contribution in [0.2, 0.25) is 0 Å². The summed E-state index contributed by atoms with van der Waals surface area (Å²) in [7, 11) is 0. The standard InChI is InChI=1S/C13H12N3O2.C4H9.C2H6.U/c1-9-2-4-10(5-3-9)12-14-13(18-15-12)11-6-16(7-11)8-17;1-4(2)3;1-2;/h2-5,11H,6-7H2,1H3;1-3H3;1-2H3;/q2*-1;;+2. The van der Waals surface area contributed by atoms with Crippen LogP contribution in [-0.2, 0) is 4.79 Å².